The van der Waals surface area contributed by atoms with Gasteiger partial charge < -0.3 is 9.80 Å². The molecule has 182 valence electrons. The van der Waals surface area contributed by atoms with Crippen molar-refractivity contribution < 1.29 is 22.8 Å². The maximum atomic E-state index is 13.5. The second-order valence-electron chi connectivity index (χ2n) is 8.81. The number of carbonyl (C=O) groups is 2. The molecule has 1 fully saturated rings. The lowest BCUT2D eigenvalue weighted by atomic mass is 9.92. The highest BCUT2D eigenvalue weighted by Crippen LogP contribution is 2.32. The second-order valence-corrected chi connectivity index (χ2v) is 8.81. The second kappa shape index (κ2) is 10.3. The van der Waals surface area contributed by atoms with Crippen molar-refractivity contribution >= 4 is 11.8 Å². The summed E-state index contributed by atoms with van der Waals surface area (Å²) in [5, 5.41) is 0. The van der Waals surface area contributed by atoms with E-state index in [0.29, 0.717) is 25.9 Å². The van der Waals surface area contributed by atoms with Crippen molar-refractivity contribution in [3.8, 4) is 0 Å². The van der Waals surface area contributed by atoms with E-state index in [1.165, 1.54) is 12.1 Å². The zero-order valence-electron chi connectivity index (χ0n) is 19.4. The van der Waals surface area contributed by atoms with Crippen LogP contribution in [0.2, 0.25) is 0 Å². The molecule has 0 atom stereocenters. The summed E-state index contributed by atoms with van der Waals surface area (Å²) in [6, 6.07) is 23.8. The Balaban J connectivity index is 1.43. The summed E-state index contributed by atoms with van der Waals surface area (Å²) in [4.78, 5) is 29.7. The summed E-state index contributed by atoms with van der Waals surface area (Å²) < 4.78 is 38.4. The first-order valence-electron chi connectivity index (χ1n) is 11.6. The molecule has 3 aromatic carbocycles. The van der Waals surface area contributed by atoms with Crippen molar-refractivity contribution in [3.05, 3.63) is 107 Å². The van der Waals surface area contributed by atoms with Gasteiger partial charge in [-0.05, 0) is 48.2 Å². The third kappa shape index (κ3) is 5.56. The van der Waals surface area contributed by atoms with E-state index in [1.54, 1.807) is 9.80 Å². The van der Waals surface area contributed by atoms with Gasteiger partial charge in [0.2, 0.25) is 5.91 Å². The van der Waals surface area contributed by atoms with Crippen LogP contribution < -0.4 is 0 Å². The Labute approximate surface area is 203 Å². The molecule has 0 aromatic heterocycles. The lowest BCUT2D eigenvalue weighted by molar-refractivity contribution is -0.138. The van der Waals surface area contributed by atoms with Crippen LogP contribution in [-0.2, 0) is 11.0 Å². The molecular formula is C28H27F3N2O2. The highest BCUT2D eigenvalue weighted by Gasteiger charge is 2.34. The fourth-order valence-corrected chi connectivity index (χ4v) is 4.64. The summed E-state index contributed by atoms with van der Waals surface area (Å²) in [6.07, 6.45) is -3.43. The summed E-state index contributed by atoms with van der Waals surface area (Å²) in [7, 11) is 1.81. The van der Waals surface area contributed by atoms with Crippen LogP contribution in [-0.4, -0.2) is 41.8 Å². The lowest BCUT2D eigenvalue weighted by Gasteiger charge is -2.36. The van der Waals surface area contributed by atoms with Gasteiger partial charge >= 0.3 is 6.18 Å². The number of piperidine rings is 1. The quantitative estimate of drug-likeness (QED) is 0.463. The van der Waals surface area contributed by atoms with Crippen LogP contribution in [0.3, 0.4) is 0 Å². The third-order valence-electron chi connectivity index (χ3n) is 6.56. The van der Waals surface area contributed by atoms with Gasteiger partial charge in [-0.25, -0.2) is 0 Å². The van der Waals surface area contributed by atoms with E-state index < -0.39 is 11.7 Å². The summed E-state index contributed by atoms with van der Waals surface area (Å²) >= 11 is 0. The topological polar surface area (TPSA) is 40.6 Å². The minimum Gasteiger partial charge on any atom is -0.339 e. The van der Waals surface area contributed by atoms with Gasteiger partial charge in [0.15, 0.2) is 0 Å². The Morgan fingerprint density at radius 1 is 0.829 bits per heavy atom. The molecule has 0 saturated carbocycles. The number of carbonyl (C=O) groups excluding carboxylic acids is 2. The van der Waals surface area contributed by atoms with Gasteiger partial charge in [-0.15, -0.1) is 0 Å². The average Bonchev–Trinajstić information content (AvgIpc) is 2.89. The molecule has 1 aliphatic heterocycles. The van der Waals surface area contributed by atoms with Crippen LogP contribution in [0.5, 0.6) is 0 Å². The van der Waals surface area contributed by atoms with Gasteiger partial charge in [0, 0.05) is 31.6 Å². The lowest BCUT2D eigenvalue weighted by Crippen LogP contribution is -2.44. The smallest absolute Gasteiger partial charge is 0.339 e. The molecule has 4 rings (SSSR count). The van der Waals surface area contributed by atoms with Gasteiger partial charge in [-0.2, -0.15) is 13.2 Å². The number of likely N-dealkylation sites (tertiary alicyclic amines) is 1. The molecule has 2 amide bonds. The van der Waals surface area contributed by atoms with Gasteiger partial charge in [0.1, 0.15) is 0 Å². The zero-order valence-corrected chi connectivity index (χ0v) is 19.4. The number of alkyl halides is 3. The van der Waals surface area contributed by atoms with Crippen molar-refractivity contribution in [1.29, 1.82) is 0 Å². The molecular weight excluding hydrogens is 453 g/mol. The Morgan fingerprint density at radius 2 is 1.31 bits per heavy atom. The standard InChI is InChI=1S/C28H27F3N2O2/c1-32(25(20-8-4-2-5-9-20)21-10-6-3-7-11-21)26(34)23-16-18-33(19-17-23)27(35)22-12-14-24(15-13-22)28(29,30)31/h2-15,23,25H,16-19H2,1H3. The molecule has 0 N–H and O–H groups in total. The minimum atomic E-state index is -4.44. The van der Waals surface area contributed by atoms with Crippen LogP contribution in [0.4, 0.5) is 13.2 Å². The fourth-order valence-electron chi connectivity index (χ4n) is 4.64. The highest BCUT2D eigenvalue weighted by atomic mass is 19.4. The van der Waals surface area contributed by atoms with Crippen LogP contribution >= 0.6 is 0 Å². The number of rotatable bonds is 5. The van der Waals surface area contributed by atoms with Crippen molar-refractivity contribution in [2.45, 2.75) is 25.1 Å². The molecule has 0 radical (unpaired) electrons. The summed E-state index contributed by atoms with van der Waals surface area (Å²) in [6.45, 7) is 0.761. The predicted octanol–water partition coefficient (Wildman–Crippen LogP) is 5.81. The van der Waals surface area contributed by atoms with Crippen LogP contribution in [0.1, 0.15) is 45.9 Å². The Morgan fingerprint density at radius 3 is 1.77 bits per heavy atom. The number of hydrogen-bond donors (Lipinski definition) is 0. The maximum Gasteiger partial charge on any atom is 0.416 e. The fraction of sp³-hybridized carbons (Fsp3) is 0.286. The van der Waals surface area contributed by atoms with Crippen LogP contribution in [0.25, 0.3) is 0 Å². The zero-order chi connectivity index (χ0) is 25.0. The van der Waals surface area contributed by atoms with E-state index in [2.05, 4.69) is 0 Å². The number of hydrogen-bond acceptors (Lipinski definition) is 2. The normalized spacial score (nSPS) is 14.7. The van der Waals surface area contributed by atoms with Gasteiger partial charge in [-0.3, -0.25) is 9.59 Å². The first-order chi connectivity index (χ1) is 16.8. The highest BCUT2D eigenvalue weighted by molar-refractivity contribution is 5.94. The molecule has 3 aromatic rings. The van der Waals surface area contributed by atoms with Crippen LogP contribution in [0, 0.1) is 5.92 Å². The average molecular weight is 481 g/mol. The molecule has 4 nitrogen and oxygen atoms in total. The molecule has 0 bridgehead atoms. The van der Waals surface area contributed by atoms with E-state index in [1.807, 2.05) is 67.7 Å². The summed E-state index contributed by atoms with van der Waals surface area (Å²) in [5.74, 6) is -0.527. The van der Waals surface area contributed by atoms with Crippen molar-refractivity contribution in [2.24, 2.45) is 5.92 Å². The minimum absolute atomic E-state index is 0.0179. The Bertz CT molecular complexity index is 1100. The van der Waals surface area contributed by atoms with Crippen molar-refractivity contribution in [1.82, 2.24) is 9.80 Å². The molecule has 35 heavy (non-hydrogen) atoms. The molecule has 0 spiro atoms. The predicted molar refractivity (Wildman–Crippen MR) is 128 cm³/mol. The number of amides is 2. The van der Waals surface area contributed by atoms with Crippen molar-refractivity contribution in [3.63, 3.8) is 0 Å². The van der Waals surface area contributed by atoms with Gasteiger partial charge in [0.05, 0.1) is 11.6 Å². The van der Waals surface area contributed by atoms with Gasteiger partial charge in [0.25, 0.3) is 5.91 Å². The SMILES string of the molecule is CN(C(=O)C1CCN(C(=O)c2ccc(C(F)(F)F)cc2)CC1)C(c1ccccc1)c1ccccc1. The maximum absolute atomic E-state index is 13.5. The third-order valence-corrected chi connectivity index (χ3v) is 6.56. The van der Waals surface area contributed by atoms with E-state index >= 15 is 0 Å². The monoisotopic (exact) mass is 480 g/mol. The number of benzene rings is 3. The molecule has 1 aliphatic rings. The van der Waals surface area contributed by atoms with Gasteiger partial charge in [-0.1, -0.05) is 60.7 Å². The van der Waals surface area contributed by atoms with Crippen molar-refractivity contribution in [2.75, 3.05) is 20.1 Å². The van der Waals surface area contributed by atoms with E-state index in [-0.39, 0.29) is 29.3 Å². The first kappa shape index (κ1) is 24.5. The Kier molecular flexibility index (Phi) is 7.24. The first-order valence-corrected chi connectivity index (χ1v) is 11.6. The summed E-state index contributed by atoms with van der Waals surface area (Å²) in [5.41, 5.74) is 1.47. The molecule has 0 unspecified atom stereocenters. The van der Waals surface area contributed by atoms with E-state index in [9.17, 15) is 22.8 Å². The number of nitrogens with zero attached hydrogens (tertiary/aromatic N) is 2. The van der Waals surface area contributed by atoms with E-state index in [4.69, 9.17) is 0 Å². The van der Waals surface area contributed by atoms with E-state index in [0.717, 1.165) is 23.3 Å². The molecule has 0 aliphatic carbocycles. The molecule has 7 heteroatoms. The largest absolute Gasteiger partial charge is 0.416 e. The Hall–Kier alpha value is -3.61. The molecule has 1 saturated heterocycles. The molecule has 1 heterocycles. The van der Waals surface area contributed by atoms with Crippen LogP contribution in [0.15, 0.2) is 84.9 Å². The number of halogens is 3.